The highest BCUT2D eigenvalue weighted by Crippen LogP contribution is 2.25. The Morgan fingerprint density at radius 2 is 2.10 bits per heavy atom. The summed E-state index contributed by atoms with van der Waals surface area (Å²) in [5.41, 5.74) is 0.325. The molecule has 6 heteroatoms. The number of amides is 2. The first kappa shape index (κ1) is 17.5. The van der Waals surface area contributed by atoms with Crippen LogP contribution in [0.25, 0.3) is 0 Å². The number of hydrogen-bond donors (Lipinski definition) is 2. The minimum Gasteiger partial charge on any atom is -0.481 e. The van der Waals surface area contributed by atoms with Crippen LogP contribution in [-0.2, 0) is 9.53 Å². The average Bonchev–Trinajstić information content (AvgIpc) is 2.49. The van der Waals surface area contributed by atoms with E-state index >= 15 is 0 Å². The lowest BCUT2D eigenvalue weighted by molar-refractivity contribution is -0.149. The first-order valence-electron chi connectivity index (χ1n) is 7.42. The van der Waals surface area contributed by atoms with E-state index in [2.05, 4.69) is 5.32 Å². The summed E-state index contributed by atoms with van der Waals surface area (Å²) in [4.78, 5) is 25.2. The number of hydrogen-bond acceptors (Lipinski definition) is 3. The quantitative estimate of drug-likeness (QED) is 0.703. The number of methoxy groups -OCH3 is 1. The van der Waals surface area contributed by atoms with Crippen LogP contribution in [0.5, 0.6) is 0 Å². The standard InChI is InChI=1S/C15H26N2O4/c1-4-15(5-2,13(18)19)11-16-14(20)17-8-6-12(7-9-17)10-21-3/h6H,4-5,7-11H2,1-3H3,(H,16,20)(H,18,19). The van der Waals surface area contributed by atoms with Gasteiger partial charge in [-0.25, -0.2) is 4.79 Å². The Morgan fingerprint density at radius 3 is 2.52 bits per heavy atom. The zero-order valence-corrected chi connectivity index (χ0v) is 13.1. The summed E-state index contributed by atoms with van der Waals surface area (Å²) in [7, 11) is 1.65. The summed E-state index contributed by atoms with van der Waals surface area (Å²) in [6, 6.07) is -0.199. The fourth-order valence-electron chi connectivity index (χ4n) is 2.45. The summed E-state index contributed by atoms with van der Waals surface area (Å²) in [6.07, 6.45) is 3.79. The fourth-order valence-corrected chi connectivity index (χ4v) is 2.45. The summed E-state index contributed by atoms with van der Waals surface area (Å²) in [5.74, 6) is -0.853. The summed E-state index contributed by atoms with van der Waals surface area (Å²) < 4.78 is 5.07. The van der Waals surface area contributed by atoms with Crippen LogP contribution in [0.2, 0.25) is 0 Å². The molecule has 0 aromatic carbocycles. The number of urea groups is 1. The van der Waals surface area contributed by atoms with Gasteiger partial charge in [0.1, 0.15) is 0 Å². The molecule has 120 valence electrons. The number of ether oxygens (including phenoxy) is 1. The van der Waals surface area contributed by atoms with E-state index in [9.17, 15) is 14.7 Å². The molecule has 0 atom stereocenters. The fraction of sp³-hybridized carbons (Fsp3) is 0.733. The number of carbonyl (C=O) groups excluding carboxylic acids is 1. The Hall–Kier alpha value is -1.56. The molecule has 1 aliphatic rings. The topological polar surface area (TPSA) is 78.9 Å². The Bertz CT molecular complexity index is 402. The van der Waals surface area contributed by atoms with Crippen molar-refractivity contribution in [2.45, 2.75) is 33.1 Å². The van der Waals surface area contributed by atoms with E-state index in [0.717, 1.165) is 6.42 Å². The monoisotopic (exact) mass is 298 g/mol. The highest BCUT2D eigenvalue weighted by atomic mass is 16.5. The summed E-state index contributed by atoms with van der Waals surface area (Å²) in [5, 5.41) is 12.1. The van der Waals surface area contributed by atoms with Gasteiger partial charge in [0.05, 0.1) is 12.0 Å². The van der Waals surface area contributed by atoms with E-state index < -0.39 is 11.4 Å². The van der Waals surface area contributed by atoms with Crippen LogP contribution in [0.15, 0.2) is 11.6 Å². The summed E-state index contributed by atoms with van der Waals surface area (Å²) >= 11 is 0. The Kier molecular flexibility index (Phi) is 6.68. The van der Waals surface area contributed by atoms with E-state index in [0.29, 0.717) is 32.5 Å². The van der Waals surface area contributed by atoms with Gasteiger partial charge in [-0.3, -0.25) is 4.79 Å². The molecule has 0 aliphatic carbocycles. The van der Waals surface area contributed by atoms with Gasteiger partial charge in [-0.1, -0.05) is 19.9 Å². The van der Waals surface area contributed by atoms with E-state index in [1.165, 1.54) is 5.57 Å². The molecule has 2 N–H and O–H groups in total. The maximum absolute atomic E-state index is 12.1. The number of aliphatic carboxylic acids is 1. The van der Waals surface area contributed by atoms with Gasteiger partial charge in [-0.2, -0.15) is 0 Å². The molecular weight excluding hydrogens is 272 g/mol. The number of nitrogens with zero attached hydrogens (tertiary/aromatic N) is 1. The van der Waals surface area contributed by atoms with Crippen molar-refractivity contribution in [2.75, 3.05) is 33.4 Å². The molecule has 1 rings (SSSR count). The van der Waals surface area contributed by atoms with Crippen molar-refractivity contribution in [3.63, 3.8) is 0 Å². The molecular formula is C15H26N2O4. The second-order valence-corrected chi connectivity index (χ2v) is 5.44. The number of rotatable bonds is 7. The average molecular weight is 298 g/mol. The van der Waals surface area contributed by atoms with Crippen LogP contribution in [0.3, 0.4) is 0 Å². The Morgan fingerprint density at radius 1 is 1.43 bits per heavy atom. The van der Waals surface area contributed by atoms with Crippen LogP contribution in [0, 0.1) is 5.41 Å². The maximum Gasteiger partial charge on any atom is 0.317 e. The van der Waals surface area contributed by atoms with Crippen LogP contribution in [0.1, 0.15) is 33.1 Å². The highest BCUT2D eigenvalue weighted by Gasteiger charge is 2.35. The molecule has 2 amide bonds. The highest BCUT2D eigenvalue weighted by molar-refractivity contribution is 5.78. The van der Waals surface area contributed by atoms with E-state index in [1.54, 1.807) is 12.0 Å². The van der Waals surface area contributed by atoms with Gasteiger partial charge in [0.2, 0.25) is 0 Å². The molecule has 0 fully saturated rings. The number of nitrogens with one attached hydrogen (secondary N) is 1. The minimum absolute atomic E-state index is 0.166. The predicted octanol–water partition coefficient (Wildman–Crippen LogP) is 1.87. The number of carbonyl (C=O) groups is 2. The van der Waals surface area contributed by atoms with Crippen molar-refractivity contribution in [1.82, 2.24) is 10.2 Å². The molecule has 0 aromatic heterocycles. The summed E-state index contributed by atoms with van der Waals surface area (Å²) in [6.45, 7) is 5.62. The maximum atomic E-state index is 12.1. The lowest BCUT2D eigenvalue weighted by atomic mass is 9.82. The van der Waals surface area contributed by atoms with Crippen molar-refractivity contribution in [3.8, 4) is 0 Å². The lowest BCUT2D eigenvalue weighted by Crippen LogP contribution is -2.48. The Labute approximate surface area is 126 Å². The third-order valence-corrected chi connectivity index (χ3v) is 4.31. The molecule has 1 aliphatic heterocycles. The number of carboxylic acid groups (broad SMARTS) is 1. The second kappa shape index (κ2) is 8.02. The van der Waals surface area contributed by atoms with Gasteiger partial charge in [0.15, 0.2) is 0 Å². The van der Waals surface area contributed by atoms with Crippen molar-refractivity contribution < 1.29 is 19.4 Å². The van der Waals surface area contributed by atoms with Crippen LogP contribution >= 0.6 is 0 Å². The predicted molar refractivity (Wildman–Crippen MR) is 80.2 cm³/mol. The zero-order valence-electron chi connectivity index (χ0n) is 13.1. The van der Waals surface area contributed by atoms with Gasteiger partial charge in [-0.15, -0.1) is 0 Å². The third kappa shape index (κ3) is 4.46. The van der Waals surface area contributed by atoms with Crippen molar-refractivity contribution in [1.29, 1.82) is 0 Å². The van der Waals surface area contributed by atoms with E-state index in [-0.39, 0.29) is 12.6 Å². The van der Waals surface area contributed by atoms with Crippen LogP contribution in [-0.4, -0.2) is 55.4 Å². The zero-order chi connectivity index (χ0) is 15.9. The SMILES string of the molecule is CCC(CC)(CNC(=O)N1CC=C(COC)CC1)C(=O)O. The second-order valence-electron chi connectivity index (χ2n) is 5.44. The molecule has 0 saturated carbocycles. The minimum atomic E-state index is -0.873. The molecule has 0 bridgehead atoms. The van der Waals surface area contributed by atoms with Crippen molar-refractivity contribution in [3.05, 3.63) is 11.6 Å². The van der Waals surface area contributed by atoms with Crippen molar-refractivity contribution >= 4 is 12.0 Å². The van der Waals surface area contributed by atoms with Crippen LogP contribution in [0.4, 0.5) is 4.79 Å². The molecule has 21 heavy (non-hydrogen) atoms. The molecule has 0 radical (unpaired) electrons. The normalized spacial score (nSPS) is 15.6. The van der Waals surface area contributed by atoms with E-state index in [4.69, 9.17) is 4.74 Å². The van der Waals surface area contributed by atoms with Gasteiger partial charge < -0.3 is 20.1 Å². The number of carboxylic acids is 1. The molecule has 0 spiro atoms. The molecule has 1 heterocycles. The molecule has 0 aromatic rings. The Balaban J connectivity index is 2.53. The van der Waals surface area contributed by atoms with Crippen LogP contribution < -0.4 is 5.32 Å². The molecule has 0 unspecified atom stereocenters. The molecule has 6 nitrogen and oxygen atoms in total. The van der Waals surface area contributed by atoms with Gasteiger partial charge in [0.25, 0.3) is 0 Å². The third-order valence-electron chi connectivity index (χ3n) is 4.31. The first-order valence-corrected chi connectivity index (χ1v) is 7.42. The lowest BCUT2D eigenvalue weighted by Gasteiger charge is -2.30. The first-order chi connectivity index (χ1) is 9.99. The van der Waals surface area contributed by atoms with E-state index in [1.807, 2.05) is 19.9 Å². The smallest absolute Gasteiger partial charge is 0.317 e. The van der Waals surface area contributed by atoms with Crippen molar-refractivity contribution in [2.24, 2.45) is 5.41 Å². The van der Waals surface area contributed by atoms with Gasteiger partial charge in [0, 0.05) is 26.7 Å². The largest absolute Gasteiger partial charge is 0.481 e. The van der Waals surface area contributed by atoms with Gasteiger partial charge >= 0.3 is 12.0 Å². The molecule has 0 saturated heterocycles. The van der Waals surface area contributed by atoms with Gasteiger partial charge in [-0.05, 0) is 24.8 Å².